The van der Waals surface area contributed by atoms with Crippen LogP contribution in [0.2, 0.25) is 0 Å². The van der Waals surface area contributed by atoms with E-state index in [-0.39, 0.29) is 5.91 Å². The van der Waals surface area contributed by atoms with Crippen molar-refractivity contribution in [1.82, 2.24) is 15.3 Å². The minimum atomic E-state index is -0.164. The molecule has 18 heavy (non-hydrogen) atoms. The van der Waals surface area contributed by atoms with Crippen molar-refractivity contribution in [2.75, 3.05) is 13.1 Å². The molecule has 0 atom stereocenters. The van der Waals surface area contributed by atoms with E-state index in [1.807, 2.05) is 12.1 Å². The molecule has 0 radical (unpaired) electrons. The number of nitrogens with one attached hydrogen (secondary N) is 1. The molecule has 5 nitrogen and oxygen atoms in total. The molecule has 2 rings (SSSR count). The van der Waals surface area contributed by atoms with E-state index in [0.717, 1.165) is 0 Å². The lowest BCUT2D eigenvalue weighted by atomic mass is 10.1. The third-order valence-electron chi connectivity index (χ3n) is 2.43. The number of nitrogens with two attached hydrogens (primary N) is 1. The van der Waals surface area contributed by atoms with E-state index in [9.17, 15) is 4.79 Å². The Morgan fingerprint density at radius 3 is 2.94 bits per heavy atom. The van der Waals surface area contributed by atoms with Crippen molar-refractivity contribution in [1.29, 1.82) is 0 Å². The van der Waals surface area contributed by atoms with Crippen LogP contribution in [0.3, 0.4) is 0 Å². The first-order chi connectivity index (χ1) is 8.83. The first-order valence-corrected chi connectivity index (χ1v) is 5.66. The fourth-order valence-corrected chi connectivity index (χ4v) is 1.60. The van der Waals surface area contributed by atoms with Crippen LogP contribution in [-0.4, -0.2) is 29.0 Å². The Kier molecular flexibility index (Phi) is 3.98. The summed E-state index contributed by atoms with van der Waals surface area (Å²) in [4.78, 5) is 20.3. The second-order valence-corrected chi connectivity index (χ2v) is 3.65. The lowest BCUT2D eigenvalue weighted by Gasteiger charge is -2.04. The van der Waals surface area contributed by atoms with Gasteiger partial charge >= 0.3 is 0 Å². The van der Waals surface area contributed by atoms with E-state index in [2.05, 4.69) is 15.3 Å². The van der Waals surface area contributed by atoms with Gasteiger partial charge in [-0.1, -0.05) is 18.2 Å². The van der Waals surface area contributed by atoms with Crippen LogP contribution in [-0.2, 0) is 0 Å². The van der Waals surface area contributed by atoms with Gasteiger partial charge in [-0.2, -0.15) is 0 Å². The van der Waals surface area contributed by atoms with Crippen LogP contribution in [0.5, 0.6) is 0 Å². The van der Waals surface area contributed by atoms with Gasteiger partial charge in [-0.05, 0) is 12.1 Å². The molecular formula is C13H14N4O. The number of para-hydroxylation sites is 1. The number of aromatic nitrogens is 2. The number of benzene rings is 1. The molecule has 5 heteroatoms. The van der Waals surface area contributed by atoms with Crippen LogP contribution in [0.4, 0.5) is 0 Å². The maximum Gasteiger partial charge on any atom is 0.253 e. The molecule has 0 spiro atoms. The monoisotopic (exact) mass is 242 g/mol. The van der Waals surface area contributed by atoms with Crippen LogP contribution in [0, 0.1) is 0 Å². The second-order valence-electron chi connectivity index (χ2n) is 3.65. The van der Waals surface area contributed by atoms with Gasteiger partial charge in [-0.15, -0.1) is 0 Å². The zero-order valence-electron chi connectivity index (χ0n) is 9.84. The third kappa shape index (κ3) is 2.70. The van der Waals surface area contributed by atoms with Gasteiger partial charge in [-0.3, -0.25) is 14.8 Å². The molecule has 1 amide bonds. The van der Waals surface area contributed by atoms with Crippen molar-refractivity contribution < 1.29 is 4.79 Å². The summed E-state index contributed by atoms with van der Waals surface area (Å²) < 4.78 is 0. The molecule has 0 aliphatic carbocycles. The van der Waals surface area contributed by atoms with Crippen LogP contribution >= 0.6 is 0 Å². The van der Waals surface area contributed by atoms with E-state index >= 15 is 0 Å². The van der Waals surface area contributed by atoms with E-state index in [1.165, 1.54) is 0 Å². The minimum absolute atomic E-state index is 0.164. The Bertz CT molecular complexity index is 575. The van der Waals surface area contributed by atoms with Crippen LogP contribution in [0.25, 0.3) is 11.0 Å². The Morgan fingerprint density at radius 2 is 2.11 bits per heavy atom. The van der Waals surface area contributed by atoms with Crippen LogP contribution in [0.15, 0.2) is 42.7 Å². The topological polar surface area (TPSA) is 80.9 Å². The number of carbonyl (C=O) groups is 1. The molecule has 0 saturated carbocycles. The summed E-state index contributed by atoms with van der Waals surface area (Å²) in [5, 5.41) is 2.78. The van der Waals surface area contributed by atoms with E-state index in [4.69, 9.17) is 5.73 Å². The van der Waals surface area contributed by atoms with Crippen molar-refractivity contribution >= 4 is 16.9 Å². The number of carbonyl (C=O) groups excluding carboxylic acids is 1. The zero-order valence-corrected chi connectivity index (χ0v) is 9.84. The summed E-state index contributed by atoms with van der Waals surface area (Å²) in [6.45, 7) is 0.919. The SMILES string of the molecule is NC/C=C/CNC(=O)c1cccc2nccnc12. The van der Waals surface area contributed by atoms with E-state index in [0.29, 0.717) is 29.7 Å². The lowest BCUT2D eigenvalue weighted by Crippen LogP contribution is -2.23. The molecule has 1 heterocycles. The Balaban J connectivity index is 2.20. The molecular weight excluding hydrogens is 228 g/mol. The van der Waals surface area contributed by atoms with Crippen molar-refractivity contribution in [3.63, 3.8) is 0 Å². The molecule has 92 valence electrons. The molecule has 1 aromatic carbocycles. The molecule has 0 aliphatic heterocycles. The van der Waals surface area contributed by atoms with Crippen LogP contribution < -0.4 is 11.1 Å². The Morgan fingerprint density at radius 1 is 1.28 bits per heavy atom. The molecule has 0 saturated heterocycles. The molecule has 0 aliphatic rings. The normalized spacial score (nSPS) is 10.9. The maximum absolute atomic E-state index is 12.0. The van der Waals surface area contributed by atoms with Crippen molar-refractivity contribution in [3.8, 4) is 0 Å². The highest BCUT2D eigenvalue weighted by Crippen LogP contribution is 2.13. The summed E-state index contributed by atoms with van der Waals surface area (Å²) in [7, 11) is 0. The quantitative estimate of drug-likeness (QED) is 0.780. The molecule has 2 aromatic rings. The Hall–Kier alpha value is -2.27. The first kappa shape index (κ1) is 12.2. The molecule has 3 N–H and O–H groups in total. The number of nitrogens with zero attached hydrogens (tertiary/aromatic N) is 2. The van der Waals surface area contributed by atoms with Gasteiger partial charge in [0, 0.05) is 25.5 Å². The minimum Gasteiger partial charge on any atom is -0.348 e. The second kappa shape index (κ2) is 5.88. The first-order valence-electron chi connectivity index (χ1n) is 5.66. The summed E-state index contributed by atoms with van der Waals surface area (Å²) in [5.41, 5.74) is 7.16. The lowest BCUT2D eigenvalue weighted by molar-refractivity contribution is 0.0959. The smallest absolute Gasteiger partial charge is 0.253 e. The highest BCUT2D eigenvalue weighted by atomic mass is 16.1. The van der Waals surface area contributed by atoms with Gasteiger partial charge < -0.3 is 11.1 Å². The maximum atomic E-state index is 12.0. The molecule has 0 unspecified atom stereocenters. The summed E-state index contributed by atoms with van der Waals surface area (Å²) in [5.74, 6) is -0.164. The van der Waals surface area contributed by atoms with Gasteiger partial charge in [0.15, 0.2) is 0 Å². The highest BCUT2D eigenvalue weighted by Gasteiger charge is 2.09. The fraction of sp³-hybridized carbons (Fsp3) is 0.154. The average Bonchev–Trinajstić information content (AvgIpc) is 2.43. The number of rotatable bonds is 4. The number of hydrogen-bond acceptors (Lipinski definition) is 4. The summed E-state index contributed by atoms with van der Waals surface area (Å²) >= 11 is 0. The van der Waals surface area contributed by atoms with Crippen molar-refractivity contribution in [2.45, 2.75) is 0 Å². The van der Waals surface area contributed by atoms with E-state index < -0.39 is 0 Å². The molecule has 0 bridgehead atoms. The van der Waals surface area contributed by atoms with Crippen molar-refractivity contribution in [3.05, 3.63) is 48.3 Å². The number of fused-ring (bicyclic) bond motifs is 1. The highest BCUT2D eigenvalue weighted by molar-refractivity contribution is 6.04. The van der Waals surface area contributed by atoms with Gasteiger partial charge in [0.2, 0.25) is 0 Å². The number of hydrogen-bond donors (Lipinski definition) is 2. The molecule has 1 aromatic heterocycles. The van der Waals surface area contributed by atoms with Crippen molar-refractivity contribution in [2.24, 2.45) is 5.73 Å². The van der Waals surface area contributed by atoms with Gasteiger partial charge in [0.1, 0.15) is 5.52 Å². The number of amides is 1. The van der Waals surface area contributed by atoms with Gasteiger partial charge in [0.05, 0.1) is 11.1 Å². The summed E-state index contributed by atoms with van der Waals surface area (Å²) in [6.07, 6.45) is 6.79. The fourth-order valence-electron chi connectivity index (χ4n) is 1.60. The summed E-state index contributed by atoms with van der Waals surface area (Å²) in [6, 6.07) is 5.36. The third-order valence-corrected chi connectivity index (χ3v) is 2.43. The van der Waals surface area contributed by atoms with Gasteiger partial charge in [-0.25, -0.2) is 0 Å². The average molecular weight is 242 g/mol. The largest absolute Gasteiger partial charge is 0.348 e. The predicted molar refractivity (Wildman–Crippen MR) is 70.1 cm³/mol. The predicted octanol–water partition coefficient (Wildman–Crippen LogP) is 0.874. The molecule has 0 fully saturated rings. The standard InChI is InChI=1S/C13H14N4O/c14-6-1-2-7-17-13(18)10-4-3-5-11-12(10)16-9-8-15-11/h1-5,8-9H,6-7,14H2,(H,17,18)/b2-1+. The van der Waals surface area contributed by atoms with Crippen LogP contribution in [0.1, 0.15) is 10.4 Å². The zero-order chi connectivity index (χ0) is 12.8. The Labute approximate surface area is 105 Å². The van der Waals surface area contributed by atoms with E-state index in [1.54, 1.807) is 30.6 Å². The van der Waals surface area contributed by atoms with Gasteiger partial charge in [0.25, 0.3) is 5.91 Å².